The lowest BCUT2D eigenvalue weighted by Gasteiger charge is -2.27. The van der Waals surface area contributed by atoms with Gasteiger partial charge in [0.15, 0.2) is 0 Å². The van der Waals surface area contributed by atoms with Crippen molar-refractivity contribution in [1.29, 1.82) is 0 Å². The summed E-state index contributed by atoms with van der Waals surface area (Å²) in [4.78, 5) is 23.9. The quantitative estimate of drug-likeness (QED) is 0.220. The smallest absolute Gasteiger partial charge is 0.247 e. The molecule has 1 aliphatic rings. The predicted octanol–water partition coefficient (Wildman–Crippen LogP) is 5.33. The number of nitrogens with one attached hydrogen (secondary N) is 3. The second-order valence-electron chi connectivity index (χ2n) is 11.3. The number of benzene rings is 2. The van der Waals surface area contributed by atoms with Gasteiger partial charge in [0.05, 0.1) is 48.8 Å². The lowest BCUT2D eigenvalue weighted by atomic mass is 10.1. The Kier molecular flexibility index (Phi) is 8.46. The third kappa shape index (κ3) is 6.24. The van der Waals surface area contributed by atoms with Crippen LogP contribution in [-0.4, -0.2) is 59.8 Å². The zero-order valence-corrected chi connectivity index (χ0v) is 25.0. The van der Waals surface area contributed by atoms with Crippen LogP contribution in [0.1, 0.15) is 26.5 Å². The van der Waals surface area contributed by atoms with E-state index in [9.17, 15) is 4.79 Å². The summed E-state index contributed by atoms with van der Waals surface area (Å²) < 4.78 is 13.9. The van der Waals surface area contributed by atoms with Gasteiger partial charge in [-0.05, 0) is 45.0 Å². The van der Waals surface area contributed by atoms with Gasteiger partial charge in [0.1, 0.15) is 5.75 Å². The maximum atomic E-state index is 12.4. The molecule has 3 heterocycles. The molecule has 0 spiro atoms. The fraction of sp³-hybridized carbons (Fsp3) is 0.344. The van der Waals surface area contributed by atoms with E-state index < -0.39 is 0 Å². The first-order chi connectivity index (χ1) is 20.2. The van der Waals surface area contributed by atoms with E-state index in [4.69, 9.17) is 14.5 Å². The van der Waals surface area contributed by atoms with Gasteiger partial charge >= 0.3 is 0 Å². The number of ether oxygens (including phenoxy) is 2. The number of rotatable bonds is 10. The van der Waals surface area contributed by atoms with Gasteiger partial charge in [0.2, 0.25) is 11.9 Å². The zero-order chi connectivity index (χ0) is 29.9. The molecule has 0 saturated carbocycles. The number of hydrogen-bond donors (Lipinski definition) is 3. The van der Waals surface area contributed by atoms with Gasteiger partial charge in [-0.25, -0.2) is 9.97 Å². The van der Waals surface area contributed by atoms with Crippen LogP contribution in [0.2, 0.25) is 0 Å². The fourth-order valence-corrected chi connectivity index (χ4v) is 5.21. The largest absolute Gasteiger partial charge is 0.494 e. The van der Waals surface area contributed by atoms with Crippen LogP contribution in [0.5, 0.6) is 5.75 Å². The minimum atomic E-state index is -0.306. The molecule has 3 N–H and O–H groups in total. The van der Waals surface area contributed by atoms with E-state index in [1.54, 1.807) is 13.3 Å². The Hall–Kier alpha value is -4.41. The predicted molar refractivity (Wildman–Crippen MR) is 169 cm³/mol. The van der Waals surface area contributed by atoms with Gasteiger partial charge < -0.3 is 34.9 Å². The first kappa shape index (κ1) is 29.1. The van der Waals surface area contributed by atoms with E-state index in [0.717, 1.165) is 47.7 Å². The lowest BCUT2D eigenvalue weighted by molar-refractivity contribution is -0.111. The average molecular weight is 570 g/mol. The van der Waals surface area contributed by atoms with E-state index in [1.807, 2.05) is 31.3 Å². The molecule has 4 aromatic rings. The Labute approximate surface area is 246 Å². The van der Waals surface area contributed by atoms with E-state index in [2.05, 4.69) is 76.0 Å². The van der Waals surface area contributed by atoms with Gasteiger partial charge in [0, 0.05) is 61.0 Å². The van der Waals surface area contributed by atoms with Crippen molar-refractivity contribution >= 4 is 39.8 Å². The summed E-state index contributed by atoms with van der Waals surface area (Å²) in [5.41, 5.74) is 6.15. The van der Waals surface area contributed by atoms with Crippen LogP contribution >= 0.6 is 0 Å². The van der Waals surface area contributed by atoms with Crippen LogP contribution in [0, 0.1) is 0 Å². The molecule has 0 aliphatic carbocycles. The number of carbonyl (C=O) groups is 1. The maximum absolute atomic E-state index is 12.4. The van der Waals surface area contributed by atoms with Crippen molar-refractivity contribution in [3.05, 3.63) is 67.0 Å². The Morgan fingerprint density at radius 2 is 2.02 bits per heavy atom. The third-order valence-corrected chi connectivity index (χ3v) is 7.21. The SMILES string of the molecule is C=CC(=O)Nc1cc(Nc2nccc(-c3c4n(c5ccccc35)CCOC4)n2)c(OC)cc1N(C)CCNC(C)(C)C. The maximum Gasteiger partial charge on any atom is 0.247 e. The molecule has 2 aromatic heterocycles. The van der Waals surface area contributed by atoms with E-state index in [-0.39, 0.29) is 11.4 Å². The minimum Gasteiger partial charge on any atom is -0.494 e. The summed E-state index contributed by atoms with van der Waals surface area (Å²) in [7, 11) is 3.60. The number of methoxy groups -OCH3 is 1. The van der Waals surface area contributed by atoms with Crippen LogP contribution in [0.3, 0.4) is 0 Å². The van der Waals surface area contributed by atoms with Crippen molar-refractivity contribution in [1.82, 2.24) is 19.9 Å². The van der Waals surface area contributed by atoms with Gasteiger partial charge in [-0.15, -0.1) is 0 Å². The normalized spacial score (nSPS) is 13.0. The Bertz CT molecular complexity index is 1610. The molecule has 0 bridgehead atoms. The molecule has 10 nitrogen and oxygen atoms in total. The highest BCUT2D eigenvalue weighted by molar-refractivity contribution is 6.02. The molecule has 2 aromatic carbocycles. The molecular formula is C32H39N7O3. The van der Waals surface area contributed by atoms with Gasteiger partial charge in [0.25, 0.3) is 0 Å². The molecule has 42 heavy (non-hydrogen) atoms. The number of hydrogen-bond acceptors (Lipinski definition) is 8. The van der Waals surface area contributed by atoms with E-state index >= 15 is 0 Å². The van der Waals surface area contributed by atoms with Gasteiger partial charge in [-0.1, -0.05) is 24.8 Å². The highest BCUT2D eigenvalue weighted by atomic mass is 16.5. The van der Waals surface area contributed by atoms with Crippen LogP contribution in [0.25, 0.3) is 22.2 Å². The minimum absolute atomic E-state index is 0.000392. The number of aromatic nitrogens is 3. The summed E-state index contributed by atoms with van der Waals surface area (Å²) in [6, 6.07) is 14.0. The Morgan fingerprint density at radius 3 is 2.79 bits per heavy atom. The molecule has 0 fully saturated rings. The molecule has 220 valence electrons. The third-order valence-electron chi connectivity index (χ3n) is 7.21. The molecule has 10 heteroatoms. The molecular weight excluding hydrogens is 530 g/mol. The molecule has 0 saturated heterocycles. The monoisotopic (exact) mass is 569 g/mol. The lowest BCUT2D eigenvalue weighted by Crippen LogP contribution is -2.40. The topological polar surface area (TPSA) is 106 Å². The van der Waals surface area contributed by atoms with Crippen molar-refractivity contribution in [3.63, 3.8) is 0 Å². The second kappa shape index (κ2) is 12.2. The van der Waals surface area contributed by atoms with Crippen molar-refractivity contribution in [2.45, 2.75) is 39.5 Å². The Balaban J connectivity index is 1.49. The highest BCUT2D eigenvalue weighted by Crippen LogP contribution is 2.39. The van der Waals surface area contributed by atoms with Crippen molar-refractivity contribution in [2.24, 2.45) is 0 Å². The van der Waals surface area contributed by atoms with Crippen LogP contribution in [0.15, 0.2) is 61.3 Å². The fourth-order valence-electron chi connectivity index (χ4n) is 5.21. The molecule has 0 unspecified atom stereocenters. The molecule has 0 radical (unpaired) electrons. The van der Waals surface area contributed by atoms with Crippen molar-refractivity contribution in [2.75, 3.05) is 49.4 Å². The molecule has 0 atom stereocenters. The number of nitrogens with zero attached hydrogens (tertiary/aromatic N) is 4. The number of fused-ring (bicyclic) bond motifs is 3. The summed E-state index contributed by atoms with van der Waals surface area (Å²) >= 11 is 0. The highest BCUT2D eigenvalue weighted by Gasteiger charge is 2.23. The number of carbonyl (C=O) groups excluding carboxylic acids is 1. The number of amides is 1. The molecule has 1 amide bonds. The van der Waals surface area contributed by atoms with Crippen molar-refractivity contribution < 1.29 is 14.3 Å². The van der Waals surface area contributed by atoms with Crippen molar-refractivity contribution in [3.8, 4) is 17.0 Å². The number of para-hydroxylation sites is 1. The summed E-state index contributed by atoms with van der Waals surface area (Å²) in [5, 5.41) is 10.9. The number of likely N-dealkylation sites (N-methyl/N-ethyl adjacent to an activating group) is 1. The molecule has 5 rings (SSSR count). The first-order valence-corrected chi connectivity index (χ1v) is 14.1. The second-order valence-corrected chi connectivity index (χ2v) is 11.3. The molecule has 1 aliphatic heterocycles. The number of anilines is 4. The Morgan fingerprint density at radius 1 is 1.21 bits per heavy atom. The standard InChI is InChI=1S/C32H39N7O3/c1-7-29(40)35-23-18-24(28(41-6)19-26(23)38(5)15-14-34-32(2,3)4)37-31-33-13-12-22(36-31)30-21-10-8-9-11-25(21)39-16-17-42-20-27(30)39/h7-13,18-19,34H,1,14-17,20H2,2-6H3,(H,35,40)(H,33,36,37). The summed E-state index contributed by atoms with van der Waals surface area (Å²) in [6.07, 6.45) is 2.99. The van der Waals surface area contributed by atoms with Crippen LogP contribution in [-0.2, 0) is 22.7 Å². The van der Waals surface area contributed by atoms with E-state index in [0.29, 0.717) is 36.3 Å². The average Bonchev–Trinajstić information content (AvgIpc) is 3.31. The van der Waals surface area contributed by atoms with Crippen LogP contribution < -0.4 is 25.6 Å². The van der Waals surface area contributed by atoms with Crippen LogP contribution in [0.4, 0.5) is 23.0 Å². The first-order valence-electron chi connectivity index (χ1n) is 14.1. The summed E-state index contributed by atoms with van der Waals surface area (Å²) in [5.74, 6) is 0.689. The zero-order valence-electron chi connectivity index (χ0n) is 25.0. The van der Waals surface area contributed by atoms with Gasteiger partial charge in [-0.2, -0.15) is 0 Å². The van der Waals surface area contributed by atoms with E-state index in [1.165, 1.54) is 11.6 Å². The van der Waals surface area contributed by atoms with Gasteiger partial charge in [-0.3, -0.25) is 4.79 Å². The summed E-state index contributed by atoms with van der Waals surface area (Å²) in [6.45, 7) is 13.5.